The van der Waals surface area contributed by atoms with Crippen LogP contribution >= 0.6 is 0 Å². The second-order valence-electron chi connectivity index (χ2n) is 15.8. The lowest BCUT2D eigenvalue weighted by atomic mass is 9.34. The van der Waals surface area contributed by atoms with E-state index >= 15 is 0 Å². The van der Waals surface area contributed by atoms with Gasteiger partial charge in [-0.3, -0.25) is 0 Å². The lowest BCUT2D eigenvalue weighted by molar-refractivity contribution is 0.402. The Kier molecular flexibility index (Phi) is 4.96. The molecule has 0 N–H and O–H groups in total. The number of nitrogens with zero attached hydrogens (tertiary/aromatic N) is 3. The summed E-state index contributed by atoms with van der Waals surface area (Å²) in [7, 11) is 0. The molecule has 4 aliphatic heterocycles. The minimum atomic E-state index is 0.199. The van der Waals surface area contributed by atoms with Gasteiger partial charge in [0.2, 0.25) is 0 Å². The Morgan fingerprint density at radius 3 is 2.30 bits per heavy atom. The highest BCUT2D eigenvalue weighted by Crippen LogP contribution is 2.59. The molecule has 6 aromatic carbocycles. The molecule has 0 spiro atoms. The molecule has 1 fully saturated rings. The number of aromatic nitrogens is 1. The second-order valence-corrected chi connectivity index (χ2v) is 15.8. The highest BCUT2D eigenvalue weighted by atomic mass is 15.2. The third-order valence-corrected chi connectivity index (χ3v) is 13.7. The monoisotopic (exact) mass is 641 g/mol. The van der Waals surface area contributed by atoms with Crippen molar-refractivity contribution in [3.05, 3.63) is 144 Å². The van der Waals surface area contributed by atoms with Gasteiger partial charge in [0.05, 0.1) is 11.6 Å². The Morgan fingerprint density at radius 1 is 0.560 bits per heavy atom. The smallest absolute Gasteiger partial charge is 0.252 e. The average Bonchev–Trinajstić information content (AvgIpc) is 3.82. The number of hydrogen-bond donors (Lipinski definition) is 0. The van der Waals surface area contributed by atoms with Crippen LogP contribution in [0.3, 0.4) is 0 Å². The van der Waals surface area contributed by atoms with Gasteiger partial charge in [0, 0.05) is 62.6 Å². The van der Waals surface area contributed by atoms with Gasteiger partial charge in [-0.15, -0.1) is 0 Å². The quantitative estimate of drug-likeness (QED) is 0.166. The van der Waals surface area contributed by atoms with Gasteiger partial charge >= 0.3 is 0 Å². The number of hydrogen-bond acceptors (Lipinski definition) is 2. The maximum Gasteiger partial charge on any atom is 0.252 e. The fraction of sp³-hybridized carbons (Fsp3) is 0.217. The van der Waals surface area contributed by atoms with Crippen LogP contribution in [0.25, 0.3) is 27.5 Å². The van der Waals surface area contributed by atoms with Crippen molar-refractivity contribution in [2.24, 2.45) is 0 Å². The fourth-order valence-electron chi connectivity index (χ4n) is 11.9. The summed E-state index contributed by atoms with van der Waals surface area (Å²) in [6, 6.07) is 48.2. The van der Waals surface area contributed by atoms with Gasteiger partial charge in [0.25, 0.3) is 6.71 Å². The first-order chi connectivity index (χ1) is 24.8. The van der Waals surface area contributed by atoms with E-state index in [0.29, 0.717) is 23.9 Å². The molecule has 6 aliphatic rings. The molecule has 7 aromatic rings. The van der Waals surface area contributed by atoms with Gasteiger partial charge in [-0.25, -0.2) is 0 Å². The number of rotatable bonds is 1. The van der Waals surface area contributed by atoms with E-state index in [4.69, 9.17) is 0 Å². The molecule has 13 rings (SSSR count). The highest BCUT2D eigenvalue weighted by Gasteiger charge is 2.51. The molecule has 4 atom stereocenters. The minimum absolute atomic E-state index is 0.199. The first-order valence-electron chi connectivity index (χ1n) is 18.9. The molecule has 50 heavy (non-hydrogen) atoms. The molecule has 2 aliphatic carbocycles. The highest BCUT2D eigenvalue weighted by molar-refractivity contribution is 7.00. The maximum atomic E-state index is 2.84. The zero-order valence-corrected chi connectivity index (χ0v) is 28.0. The van der Waals surface area contributed by atoms with Crippen molar-refractivity contribution in [2.75, 3.05) is 9.80 Å². The van der Waals surface area contributed by atoms with Crippen molar-refractivity contribution >= 4 is 67.7 Å². The zero-order chi connectivity index (χ0) is 32.2. The lowest BCUT2D eigenvalue weighted by Crippen LogP contribution is -2.60. The first-order valence-corrected chi connectivity index (χ1v) is 18.9. The molecule has 3 nitrogen and oxygen atoms in total. The van der Waals surface area contributed by atoms with Crippen LogP contribution in [-0.2, 0) is 6.42 Å². The SMILES string of the molecule is c1ccc2c(c1)CCC1c3cccc4c3N(c3cc(N5c6ccccc6C6CCCCC65)cc5c3B4c3cccc4c6ccccc6n-5c34)C21. The van der Waals surface area contributed by atoms with Crippen LogP contribution in [0.4, 0.5) is 22.7 Å². The molecular formula is C46H36BN3. The van der Waals surface area contributed by atoms with E-state index in [1.165, 1.54) is 110 Å². The fourth-order valence-corrected chi connectivity index (χ4v) is 11.9. The number of aryl methyl sites for hydroxylation is 1. The van der Waals surface area contributed by atoms with Crippen LogP contribution in [0, 0.1) is 0 Å². The van der Waals surface area contributed by atoms with Crippen LogP contribution in [0.2, 0.25) is 0 Å². The summed E-state index contributed by atoms with van der Waals surface area (Å²) >= 11 is 0. The van der Waals surface area contributed by atoms with E-state index in [2.05, 4.69) is 136 Å². The van der Waals surface area contributed by atoms with Crippen LogP contribution < -0.4 is 26.2 Å². The molecule has 4 heteroatoms. The Bertz CT molecular complexity index is 2630. The summed E-state index contributed by atoms with van der Waals surface area (Å²) in [5.74, 6) is 1.10. The topological polar surface area (TPSA) is 11.4 Å². The van der Waals surface area contributed by atoms with Crippen molar-refractivity contribution < 1.29 is 0 Å². The Hall–Kier alpha value is -5.22. The molecule has 1 saturated carbocycles. The van der Waals surface area contributed by atoms with Gasteiger partial charge in [0.1, 0.15) is 0 Å². The van der Waals surface area contributed by atoms with Crippen molar-refractivity contribution in [3.8, 4) is 5.69 Å². The minimum Gasteiger partial charge on any atom is -0.337 e. The normalized spacial score (nSPS) is 23.0. The molecule has 238 valence electrons. The number of anilines is 4. The Balaban J connectivity index is 1.17. The van der Waals surface area contributed by atoms with Crippen LogP contribution in [-0.4, -0.2) is 17.3 Å². The van der Waals surface area contributed by atoms with E-state index < -0.39 is 0 Å². The van der Waals surface area contributed by atoms with Crippen LogP contribution in [0.1, 0.15) is 72.2 Å². The molecule has 0 bridgehead atoms. The van der Waals surface area contributed by atoms with E-state index in [1.807, 2.05) is 0 Å². The summed E-state index contributed by atoms with van der Waals surface area (Å²) in [4.78, 5) is 5.61. The second kappa shape index (κ2) is 9.31. The third-order valence-electron chi connectivity index (χ3n) is 13.7. The van der Waals surface area contributed by atoms with Gasteiger partial charge in [-0.2, -0.15) is 0 Å². The lowest BCUT2D eigenvalue weighted by Gasteiger charge is -2.43. The van der Waals surface area contributed by atoms with E-state index in [-0.39, 0.29) is 6.71 Å². The summed E-state index contributed by atoms with van der Waals surface area (Å²) in [6.07, 6.45) is 7.54. The van der Waals surface area contributed by atoms with Gasteiger partial charge in [-0.1, -0.05) is 110 Å². The van der Waals surface area contributed by atoms with E-state index in [1.54, 1.807) is 11.1 Å². The molecule has 4 unspecified atom stereocenters. The molecule has 1 aromatic heterocycles. The maximum absolute atomic E-state index is 2.84. The van der Waals surface area contributed by atoms with Gasteiger partial charge < -0.3 is 14.4 Å². The number of para-hydroxylation sites is 4. The Labute approximate surface area is 292 Å². The Morgan fingerprint density at radius 2 is 1.32 bits per heavy atom. The largest absolute Gasteiger partial charge is 0.337 e. The molecule has 0 radical (unpaired) electrons. The first kappa shape index (κ1) is 26.6. The molecular weight excluding hydrogens is 605 g/mol. The number of fused-ring (bicyclic) bond motifs is 15. The van der Waals surface area contributed by atoms with E-state index in [0.717, 1.165) is 6.42 Å². The average molecular weight is 642 g/mol. The predicted molar refractivity (Wildman–Crippen MR) is 208 cm³/mol. The standard InChI is InChI=1S/C46H36BN3/c1-2-12-29-27(11-1)23-24-35-34-17-10-19-37-46(34)50(44(29)35)42-26-28(48-38-20-6-3-13-30(38)31-14-4-7-21-39(31)48)25-41-43(42)47(37)36-18-9-16-33-32-15-5-8-22-40(32)49(41)45(33)36/h1-3,5-6,8-13,15-20,22,25-26,31,35,39,44H,4,7,14,21,23-24H2. The molecule has 0 amide bonds. The third kappa shape index (κ3) is 3.08. The number of benzene rings is 6. The van der Waals surface area contributed by atoms with Crippen LogP contribution in [0.5, 0.6) is 0 Å². The van der Waals surface area contributed by atoms with Crippen molar-refractivity contribution in [3.63, 3.8) is 0 Å². The van der Waals surface area contributed by atoms with Crippen molar-refractivity contribution in [1.82, 2.24) is 4.57 Å². The zero-order valence-electron chi connectivity index (χ0n) is 28.0. The predicted octanol–water partition coefficient (Wildman–Crippen LogP) is 9.03. The summed E-state index contributed by atoms with van der Waals surface area (Å²) < 4.78 is 2.65. The van der Waals surface area contributed by atoms with Gasteiger partial charge in [-0.05, 0) is 88.6 Å². The van der Waals surface area contributed by atoms with E-state index in [9.17, 15) is 0 Å². The van der Waals surface area contributed by atoms with Crippen LogP contribution in [0.15, 0.2) is 121 Å². The van der Waals surface area contributed by atoms with Crippen molar-refractivity contribution in [2.45, 2.75) is 62.4 Å². The van der Waals surface area contributed by atoms with Crippen molar-refractivity contribution in [1.29, 1.82) is 0 Å². The molecule has 5 heterocycles. The summed E-state index contributed by atoms with van der Waals surface area (Å²) in [6.45, 7) is 0.199. The summed E-state index contributed by atoms with van der Waals surface area (Å²) in [5, 5.41) is 2.72. The summed E-state index contributed by atoms with van der Waals surface area (Å²) in [5.41, 5.74) is 20.3. The van der Waals surface area contributed by atoms with Gasteiger partial charge in [0.15, 0.2) is 0 Å². The molecule has 0 saturated heterocycles.